The van der Waals surface area contributed by atoms with E-state index in [1.807, 2.05) is 18.2 Å². The summed E-state index contributed by atoms with van der Waals surface area (Å²) >= 11 is 0. The molecule has 1 fully saturated rings. The van der Waals surface area contributed by atoms with Crippen molar-refractivity contribution in [3.63, 3.8) is 0 Å². The second-order valence-electron chi connectivity index (χ2n) is 6.38. The zero-order valence-electron chi connectivity index (χ0n) is 13.8. The Morgan fingerprint density at radius 3 is 2.39 bits per heavy atom. The lowest BCUT2D eigenvalue weighted by molar-refractivity contribution is 0.166. The summed E-state index contributed by atoms with van der Waals surface area (Å²) in [6.45, 7) is 4.82. The smallest absolute Gasteiger partial charge is 0.0917 e. The fourth-order valence-electron chi connectivity index (χ4n) is 3.33. The van der Waals surface area contributed by atoms with Crippen LogP contribution in [-0.2, 0) is 0 Å². The van der Waals surface area contributed by atoms with Crippen LogP contribution in [0.5, 0.6) is 0 Å². The molecule has 3 rings (SSSR count). The molecule has 0 radical (unpaired) electrons. The molecule has 2 aromatic rings. The number of benzene rings is 2. The van der Waals surface area contributed by atoms with Crippen LogP contribution in [0.15, 0.2) is 54.6 Å². The van der Waals surface area contributed by atoms with Gasteiger partial charge in [0.1, 0.15) is 0 Å². The van der Waals surface area contributed by atoms with E-state index in [0.717, 1.165) is 37.1 Å². The number of anilines is 1. The summed E-state index contributed by atoms with van der Waals surface area (Å²) in [6.07, 6.45) is 1.81. The predicted octanol–water partition coefficient (Wildman–Crippen LogP) is 3.29. The number of aliphatic hydroxyl groups is 1. The number of aryl methyl sites for hydroxylation is 1. The van der Waals surface area contributed by atoms with Gasteiger partial charge in [0.25, 0.3) is 0 Å². The monoisotopic (exact) mass is 310 g/mol. The molecule has 2 aromatic carbocycles. The van der Waals surface area contributed by atoms with Crippen LogP contribution >= 0.6 is 0 Å². The topological polar surface area (TPSA) is 35.5 Å². The average Bonchev–Trinajstić information content (AvgIpc) is 2.61. The van der Waals surface area contributed by atoms with Gasteiger partial charge >= 0.3 is 0 Å². The van der Waals surface area contributed by atoms with Crippen LogP contribution < -0.4 is 10.2 Å². The Bertz CT molecular complexity index is 606. The van der Waals surface area contributed by atoms with Crippen molar-refractivity contribution < 1.29 is 5.11 Å². The van der Waals surface area contributed by atoms with Crippen molar-refractivity contribution in [1.29, 1.82) is 0 Å². The first-order valence-corrected chi connectivity index (χ1v) is 8.51. The molecule has 0 aliphatic carbocycles. The van der Waals surface area contributed by atoms with Gasteiger partial charge in [-0.1, -0.05) is 42.5 Å². The number of nitrogens with zero attached hydrogens (tertiary/aromatic N) is 1. The van der Waals surface area contributed by atoms with Crippen LogP contribution in [0.25, 0.3) is 0 Å². The molecule has 0 aromatic heterocycles. The number of hydrogen-bond acceptors (Lipinski definition) is 3. The molecule has 1 heterocycles. The molecule has 122 valence electrons. The SMILES string of the molecule is Cc1ccccc1C(O)CNC1CCN(c2ccccc2)CC1. The molecule has 1 unspecified atom stereocenters. The summed E-state index contributed by atoms with van der Waals surface area (Å²) in [6, 6.07) is 19.2. The third-order valence-corrected chi connectivity index (χ3v) is 4.76. The van der Waals surface area contributed by atoms with E-state index < -0.39 is 6.10 Å². The van der Waals surface area contributed by atoms with Crippen LogP contribution in [0.3, 0.4) is 0 Å². The molecular weight excluding hydrogens is 284 g/mol. The van der Waals surface area contributed by atoms with E-state index in [0.29, 0.717) is 12.6 Å². The minimum atomic E-state index is -0.427. The van der Waals surface area contributed by atoms with Gasteiger partial charge in [-0.25, -0.2) is 0 Å². The number of para-hydroxylation sites is 1. The molecule has 0 saturated carbocycles. The fourth-order valence-corrected chi connectivity index (χ4v) is 3.33. The van der Waals surface area contributed by atoms with Gasteiger partial charge in [0, 0.05) is 31.4 Å². The van der Waals surface area contributed by atoms with Crippen LogP contribution in [-0.4, -0.2) is 30.8 Å². The summed E-state index contributed by atoms with van der Waals surface area (Å²) in [4.78, 5) is 2.44. The second kappa shape index (κ2) is 7.62. The number of nitrogens with one attached hydrogen (secondary N) is 1. The molecule has 23 heavy (non-hydrogen) atoms. The molecule has 0 amide bonds. The summed E-state index contributed by atoms with van der Waals surface area (Å²) in [7, 11) is 0. The van der Waals surface area contributed by atoms with Crippen molar-refractivity contribution in [2.45, 2.75) is 31.9 Å². The van der Waals surface area contributed by atoms with Gasteiger partial charge in [-0.3, -0.25) is 0 Å². The zero-order valence-corrected chi connectivity index (χ0v) is 13.8. The highest BCUT2D eigenvalue weighted by atomic mass is 16.3. The molecule has 2 N–H and O–H groups in total. The highest BCUT2D eigenvalue weighted by molar-refractivity contribution is 5.46. The van der Waals surface area contributed by atoms with Gasteiger partial charge in [0.2, 0.25) is 0 Å². The first-order chi connectivity index (χ1) is 11.2. The minimum absolute atomic E-state index is 0.427. The largest absolute Gasteiger partial charge is 0.387 e. The quantitative estimate of drug-likeness (QED) is 0.889. The maximum atomic E-state index is 10.4. The maximum Gasteiger partial charge on any atom is 0.0917 e. The van der Waals surface area contributed by atoms with Gasteiger partial charge in [-0.2, -0.15) is 0 Å². The average molecular weight is 310 g/mol. The molecule has 1 aliphatic rings. The first kappa shape index (κ1) is 16.0. The normalized spacial score (nSPS) is 17.2. The number of piperidine rings is 1. The third kappa shape index (κ3) is 4.12. The molecule has 1 aliphatic heterocycles. The van der Waals surface area contributed by atoms with Crippen LogP contribution in [0.2, 0.25) is 0 Å². The van der Waals surface area contributed by atoms with Crippen molar-refractivity contribution in [2.24, 2.45) is 0 Å². The number of rotatable bonds is 5. The van der Waals surface area contributed by atoms with Gasteiger partial charge in [0.05, 0.1) is 6.10 Å². The van der Waals surface area contributed by atoms with Gasteiger partial charge in [0.15, 0.2) is 0 Å². The lowest BCUT2D eigenvalue weighted by atomic mass is 10.0. The first-order valence-electron chi connectivity index (χ1n) is 8.51. The highest BCUT2D eigenvalue weighted by Gasteiger charge is 2.20. The van der Waals surface area contributed by atoms with E-state index in [4.69, 9.17) is 0 Å². The van der Waals surface area contributed by atoms with Crippen LogP contribution in [0.1, 0.15) is 30.1 Å². The second-order valence-corrected chi connectivity index (χ2v) is 6.38. The van der Waals surface area contributed by atoms with E-state index in [9.17, 15) is 5.11 Å². The zero-order chi connectivity index (χ0) is 16.1. The Labute approximate surface area is 139 Å². The highest BCUT2D eigenvalue weighted by Crippen LogP contribution is 2.21. The number of hydrogen-bond donors (Lipinski definition) is 2. The standard InChI is InChI=1S/C20H26N2O/c1-16-7-5-6-10-19(16)20(23)15-21-17-11-13-22(14-12-17)18-8-3-2-4-9-18/h2-10,17,20-21,23H,11-15H2,1H3. The van der Waals surface area contributed by atoms with Crippen molar-refractivity contribution in [2.75, 3.05) is 24.5 Å². The Morgan fingerprint density at radius 2 is 1.70 bits per heavy atom. The summed E-state index contributed by atoms with van der Waals surface area (Å²) in [5.41, 5.74) is 3.49. The molecule has 3 nitrogen and oxygen atoms in total. The van der Waals surface area contributed by atoms with Gasteiger partial charge < -0.3 is 15.3 Å². The van der Waals surface area contributed by atoms with Crippen molar-refractivity contribution in [3.05, 3.63) is 65.7 Å². The van der Waals surface area contributed by atoms with Crippen LogP contribution in [0, 0.1) is 6.92 Å². The van der Waals surface area contributed by atoms with E-state index in [1.54, 1.807) is 0 Å². The molecule has 3 heteroatoms. The lowest BCUT2D eigenvalue weighted by Crippen LogP contribution is -2.43. The Hall–Kier alpha value is -1.84. The molecule has 0 bridgehead atoms. The molecular formula is C20H26N2O. The Kier molecular flexibility index (Phi) is 5.31. The summed E-state index contributed by atoms with van der Waals surface area (Å²) in [5.74, 6) is 0. The van der Waals surface area contributed by atoms with E-state index in [2.05, 4.69) is 53.5 Å². The van der Waals surface area contributed by atoms with Crippen molar-refractivity contribution >= 4 is 5.69 Å². The minimum Gasteiger partial charge on any atom is -0.387 e. The lowest BCUT2D eigenvalue weighted by Gasteiger charge is -2.34. The van der Waals surface area contributed by atoms with Crippen molar-refractivity contribution in [1.82, 2.24) is 5.32 Å². The Balaban J connectivity index is 1.47. The van der Waals surface area contributed by atoms with Gasteiger partial charge in [-0.15, -0.1) is 0 Å². The summed E-state index contributed by atoms with van der Waals surface area (Å²) in [5, 5.41) is 13.9. The predicted molar refractivity (Wildman–Crippen MR) is 95.8 cm³/mol. The van der Waals surface area contributed by atoms with E-state index in [1.165, 1.54) is 5.69 Å². The third-order valence-electron chi connectivity index (χ3n) is 4.76. The van der Waals surface area contributed by atoms with E-state index >= 15 is 0 Å². The van der Waals surface area contributed by atoms with E-state index in [-0.39, 0.29) is 0 Å². The molecule has 1 saturated heterocycles. The van der Waals surface area contributed by atoms with Crippen molar-refractivity contribution in [3.8, 4) is 0 Å². The molecule has 1 atom stereocenters. The Morgan fingerprint density at radius 1 is 1.04 bits per heavy atom. The maximum absolute atomic E-state index is 10.4. The molecule has 0 spiro atoms. The number of aliphatic hydroxyl groups excluding tert-OH is 1. The summed E-state index contributed by atoms with van der Waals surface area (Å²) < 4.78 is 0. The van der Waals surface area contributed by atoms with Gasteiger partial charge in [-0.05, 0) is 43.0 Å². The van der Waals surface area contributed by atoms with Crippen LogP contribution in [0.4, 0.5) is 5.69 Å². The fraction of sp³-hybridized carbons (Fsp3) is 0.400.